The molecule has 0 amide bonds. The van der Waals surface area contributed by atoms with Gasteiger partial charge in [0.15, 0.2) is 5.11 Å². The number of benzene rings is 2. The van der Waals surface area contributed by atoms with Gasteiger partial charge in [-0.3, -0.25) is 4.98 Å². The SMILES string of the molecule is COc1cccc(N2C(=S)NC(c3ccccn3)C2c2cccn2-c2ccc(Cl)c(C)c2)c1. The smallest absolute Gasteiger partial charge is 0.174 e. The molecule has 33 heavy (non-hydrogen) atoms. The summed E-state index contributed by atoms with van der Waals surface area (Å²) in [4.78, 5) is 6.79. The van der Waals surface area contributed by atoms with Gasteiger partial charge < -0.3 is 19.5 Å². The third kappa shape index (κ3) is 3.96. The van der Waals surface area contributed by atoms with Gasteiger partial charge in [0.05, 0.1) is 18.8 Å². The van der Waals surface area contributed by atoms with Crippen molar-refractivity contribution in [2.24, 2.45) is 0 Å². The molecule has 166 valence electrons. The molecular weight excluding hydrogens is 452 g/mol. The first-order valence-electron chi connectivity index (χ1n) is 10.7. The summed E-state index contributed by atoms with van der Waals surface area (Å²) in [5.74, 6) is 0.777. The van der Waals surface area contributed by atoms with Crippen molar-refractivity contribution < 1.29 is 4.74 Å². The number of aromatic nitrogens is 2. The Hall–Kier alpha value is -3.35. The van der Waals surface area contributed by atoms with E-state index in [1.54, 1.807) is 7.11 Å². The molecule has 5 nitrogen and oxygen atoms in total. The number of rotatable bonds is 5. The molecule has 1 N–H and O–H groups in total. The molecule has 2 atom stereocenters. The van der Waals surface area contributed by atoms with Gasteiger partial charge in [-0.05, 0) is 79.3 Å². The number of pyridine rings is 1. The lowest BCUT2D eigenvalue weighted by molar-refractivity contribution is 0.414. The molecule has 4 aromatic rings. The van der Waals surface area contributed by atoms with Crippen molar-refractivity contribution in [3.8, 4) is 11.4 Å². The number of anilines is 1. The van der Waals surface area contributed by atoms with Crippen molar-refractivity contribution in [2.45, 2.75) is 19.0 Å². The first kappa shape index (κ1) is 21.5. The van der Waals surface area contributed by atoms with Crippen LogP contribution in [0.25, 0.3) is 5.69 Å². The maximum Gasteiger partial charge on any atom is 0.174 e. The fourth-order valence-corrected chi connectivity index (χ4v) is 4.81. The third-order valence-corrected chi connectivity index (χ3v) is 6.67. The third-order valence-electron chi connectivity index (χ3n) is 5.93. The first-order valence-corrected chi connectivity index (χ1v) is 11.4. The quantitative estimate of drug-likeness (QED) is 0.358. The van der Waals surface area contributed by atoms with Crippen LogP contribution < -0.4 is 15.0 Å². The second-order valence-corrected chi connectivity index (χ2v) is 8.73. The molecule has 0 radical (unpaired) electrons. The van der Waals surface area contributed by atoms with Gasteiger partial charge in [0.2, 0.25) is 0 Å². The van der Waals surface area contributed by atoms with Crippen LogP contribution in [0.4, 0.5) is 5.69 Å². The van der Waals surface area contributed by atoms with E-state index in [0.29, 0.717) is 5.11 Å². The summed E-state index contributed by atoms with van der Waals surface area (Å²) in [5.41, 5.74) is 5.04. The van der Waals surface area contributed by atoms with Crippen LogP contribution in [0.1, 0.15) is 29.0 Å². The van der Waals surface area contributed by atoms with Gasteiger partial charge in [0, 0.05) is 40.6 Å². The highest BCUT2D eigenvalue weighted by molar-refractivity contribution is 7.80. The van der Waals surface area contributed by atoms with Crippen molar-refractivity contribution in [2.75, 3.05) is 12.0 Å². The average molecular weight is 475 g/mol. The highest BCUT2D eigenvalue weighted by atomic mass is 35.5. The Kier molecular flexibility index (Phi) is 5.79. The molecule has 0 saturated carbocycles. The molecule has 2 aromatic heterocycles. The molecule has 3 heterocycles. The lowest BCUT2D eigenvalue weighted by Crippen LogP contribution is -2.30. The predicted octanol–water partition coefficient (Wildman–Crippen LogP) is 6.02. The Balaban J connectivity index is 1.67. The van der Waals surface area contributed by atoms with Gasteiger partial charge in [-0.25, -0.2) is 0 Å². The molecule has 1 saturated heterocycles. The molecule has 1 aliphatic rings. The largest absolute Gasteiger partial charge is 0.497 e. The summed E-state index contributed by atoms with van der Waals surface area (Å²) in [5, 5.41) is 4.91. The zero-order valence-corrected chi connectivity index (χ0v) is 19.8. The van der Waals surface area contributed by atoms with Gasteiger partial charge in [0.25, 0.3) is 0 Å². The summed E-state index contributed by atoms with van der Waals surface area (Å²) in [7, 11) is 1.67. The van der Waals surface area contributed by atoms with Gasteiger partial charge in [-0.2, -0.15) is 0 Å². The van der Waals surface area contributed by atoms with E-state index in [2.05, 4.69) is 44.2 Å². The average Bonchev–Trinajstić information content (AvgIpc) is 3.45. The molecule has 2 unspecified atom stereocenters. The van der Waals surface area contributed by atoms with E-state index in [1.807, 2.05) is 67.7 Å². The first-order chi connectivity index (χ1) is 16.1. The van der Waals surface area contributed by atoms with Crippen LogP contribution in [0.15, 0.2) is 85.2 Å². The number of halogens is 1. The number of nitrogens with zero attached hydrogens (tertiary/aromatic N) is 3. The Morgan fingerprint density at radius 2 is 1.88 bits per heavy atom. The second kappa shape index (κ2) is 8.89. The van der Waals surface area contributed by atoms with Crippen LogP contribution in [0, 0.1) is 6.92 Å². The van der Waals surface area contributed by atoms with Crippen LogP contribution in [0.2, 0.25) is 5.02 Å². The summed E-state index contributed by atoms with van der Waals surface area (Å²) in [6.45, 7) is 2.01. The van der Waals surface area contributed by atoms with Gasteiger partial charge >= 0.3 is 0 Å². The lowest BCUT2D eigenvalue weighted by atomic mass is 10.0. The van der Waals surface area contributed by atoms with Crippen LogP contribution >= 0.6 is 23.8 Å². The molecule has 5 rings (SSSR count). The second-order valence-electron chi connectivity index (χ2n) is 7.93. The Morgan fingerprint density at radius 3 is 2.64 bits per heavy atom. The number of methoxy groups -OCH3 is 1. The Bertz CT molecular complexity index is 1310. The maximum atomic E-state index is 6.30. The minimum absolute atomic E-state index is 0.132. The van der Waals surface area contributed by atoms with Crippen LogP contribution in [-0.4, -0.2) is 21.8 Å². The van der Waals surface area contributed by atoms with E-state index < -0.39 is 0 Å². The van der Waals surface area contributed by atoms with Crippen molar-refractivity contribution >= 4 is 34.6 Å². The molecule has 7 heteroatoms. The number of ether oxygens (including phenoxy) is 1. The topological polar surface area (TPSA) is 42.3 Å². The van der Waals surface area contributed by atoms with Crippen molar-refractivity contribution in [1.82, 2.24) is 14.9 Å². The van der Waals surface area contributed by atoms with Gasteiger partial charge in [0.1, 0.15) is 11.8 Å². The Labute approximate surface area is 203 Å². The molecule has 1 aliphatic heterocycles. The lowest BCUT2D eigenvalue weighted by Gasteiger charge is -2.29. The van der Waals surface area contributed by atoms with E-state index in [0.717, 1.165) is 39.1 Å². The maximum absolute atomic E-state index is 6.30. The number of nitrogens with one attached hydrogen (secondary N) is 1. The van der Waals surface area contributed by atoms with Crippen LogP contribution in [-0.2, 0) is 0 Å². The number of hydrogen-bond acceptors (Lipinski definition) is 3. The normalized spacial score (nSPS) is 17.8. The molecule has 0 bridgehead atoms. The van der Waals surface area contributed by atoms with Crippen molar-refractivity contribution in [3.63, 3.8) is 0 Å². The number of hydrogen-bond donors (Lipinski definition) is 1. The minimum Gasteiger partial charge on any atom is -0.497 e. The highest BCUT2D eigenvalue weighted by Crippen LogP contribution is 2.43. The van der Waals surface area contributed by atoms with E-state index >= 15 is 0 Å². The standard InChI is InChI=1S/C26H23ClN4OS/c1-17-15-18(11-12-21(17)27)30-14-6-10-23(30)25-24(22-9-3-4-13-28-22)29-26(33)31(25)19-7-5-8-20(16-19)32-2/h3-16,24-25H,1-2H3,(H,29,33). The highest BCUT2D eigenvalue weighted by Gasteiger charge is 2.42. The van der Waals surface area contributed by atoms with E-state index in [9.17, 15) is 0 Å². The van der Waals surface area contributed by atoms with Crippen LogP contribution in [0.5, 0.6) is 5.75 Å². The van der Waals surface area contributed by atoms with Gasteiger partial charge in [-0.15, -0.1) is 0 Å². The molecule has 2 aromatic carbocycles. The predicted molar refractivity (Wildman–Crippen MR) is 136 cm³/mol. The van der Waals surface area contributed by atoms with Gasteiger partial charge in [-0.1, -0.05) is 23.7 Å². The number of thiocarbonyl (C=S) groups is 1. The van der Waals surface area contributed by atoms with E-state index in [4.69, 9.17) is 28.6 Å². The molecular formula is C26H23ClN4OS. The fraction of sp³-hybridized carbons (Fsp3) is 0.154. The van der Waals surface area contributed by atoms with E-state index in [1.165, 1.54) is 0 Å². The zero-order valence-electron chi connectivity index (χ0n) is 18.3. The summed E-state index contributed by atoms with van der Waals surface area (Å²) < 4.78 is 7.67. The summed E-state index contributed by atoms with van der Waals surface area (Å²) in [6, 6.07) is 23.9. The molecule has 0 aliphatic carbocycles. The van der Waals surface area contributed by atoms with Crippen molar-refractivity contribution in [1.29, 1.82) is 0 Å². The number of aryl methyl sites for hydroxylation is 1. The van der Waals surface area contributed by atoms with Crippen LogP contribution in [0.3, 0.4) is 0 Å². The molecule has 0 spiro atoms. The summed E-state index contributed by atoms with van der Waals surface area (Å²) >= 11 is 12.1. The minimum atomic E-state index is -0.134. The monoisotopic (exact) mass is 474 g/mol. The van der Waals surface area contributed by atoms with E-state index in [-0.39, 0.29) is 12.1 Å². The zero-order chi connectivity index (χ0) is 22.9. The van der Waals surface area contributed by atoms with Crippen molar-refractivity contribution in [3.05, 3.63) is 107 Å². The summed E-state index contributed by atoms with van der Waals surface area (Å²) in [6.07, 6.45) is 3.88. The fourth-order valence-electron chi connectivity index (χ4n) is 4.34. The molecule has 1 fully saturated rings. The Morgan fingerprint density at radius 1 is 1.00 bits per heavy atom.